The summed E-state index contributed by atoms with van der Waals surface area (Å²) in [5.41, 5.74) is 0.0870. The van der Waals surface area contributed by atoms with E-state index in [9.17, 15) is 14.0 Å². The molecule has 1 atom stereocenters. The highest BCUT2D eigenvalue weighted by atomic mass is 19.1. The van der Waals surface area contributed by atoms with Crippen molar-refractivity contribution in [2.45, 2.75) is 18.9 Å². The molecule has 0 radical (unpaired) electrons. The molecule has 6 nitrogen and oxygen atoms in total. The Morgan fingerprint density at radius 3 is 2.68 bits per heavy atom. The van der Waals surface area contributed by atoms with Gasteiger partial charge < -0.3 is 19.9 Å². The maximum absolute atomic E-state index is 13.8. The summed E-state index contributed by atoms with van der Waals surface area (Å²) in [4.78, 5) is 28.4. The van der Waals surface area contributed by atoms with Crippen LogP contribution in [0.25, 0.3) is 0 Å². The van der Waals surface area contributed by atoms with Gasteiger partial charge in [0.1, 0.15) is 5.82 Å². The molecule has 0 aromatic heterocycles. The fourth-order valence-corrected chi connectivity index (χ4v) is 3.25. The zero-order chi connectivity index (χ0) is 17.6. The predicted octanol–water partition coefficient (Wildman–Crippen LogP) is 0.879. The molecule has 0 unspecified atom stereocenters. The summed E-state index contributed by atoms with van der Waals surface area (Å²) in [7, 11) is 0. The zero-order valence-electron chi connectivity index (χ0n) is 14.2. The van der Waals surface area contributed by atoms with Gasteiger partial charge >= 0.3 is 0 Å². The van der Waals surface area contributed by atoms with Crippen LogP contribution >= 0.6 is 0 Å². The van der Waals surface area contributed by atoms with Gasteiger partial charge in [0.25, 0.3) is 5.91 Å². The zero-order valence-corrected chi connectivity index (χ0v) is 14.2. The highest BCUT2D eigenvalue weighted by molar-refractivity contribution is 5.94. The Hall–Kier alpha value is -1.99. The number of benzene rings is 1. The Balaban J connectivity index is 1.55. The standard InChI is InChI=1S/C18H24FN3O3/c19-16-5-2-1-4-15(16)18(24)22-8-3-7-21(9-10-22)17(23)12-14-13-20-6-11-25-14/h1-2,4-5,14,20H,3,6-13H2/t14-/m1/s1. The summed E-state index contributed by atoms with van der Waals surface area (Å²) in [6.07, 6.45) is 0.963. The largest absolute Gasteiger partial charge is 0.375 e. The van der Waals surface area contributed by atoms with Crippen molar-refractivity contribution in [2.24, 2.45) is 0 Å². The molecule has 1 aromatic rings. The van der Waals surface area contributed by atoms with Crippen molar-refractivity contribution in [1.82, 2.24) is 15.1 Å². The van der Waals surface area contributed by atoms with E-state index in [1.54, 1.807) is 21.9 Å². The third-order valence-electron chi connectivity index (χ3n) is 4.65. The number of ether oxygens (including phenoxy) is 1. The number of morpholine rings is 1. The molecule has 2 heterocycles. The number of halogens is 1. The molecule has 2 aliphatic heterocycles. The van der Waals surface area contributed by atoms with Crippen LogP contribution in [0.2, 0.25) is 0 Å². The van der Waals surface area contributed by atoms with E-state index in [2.05, 4.69) is 5.32 Å². The number of amides is 2. The van der Waals surface area contributed by atoms with E-state index in [1.807, 2.05) is 0 Å². The first kappa shape index (κ1) is 17.8. The van der Waals surface area contributed by atoms with Crippen LogP contribution < -0.4 is 5.32 Å². The molecule has 0 saturated carbocycles. The van der Waals surface area contributed by atoms with Gasteiger partial charge in [-0.05, 0) is 18.6 Å². The SMILES string of the molecule is O=C(C[C@@H]1CNCCO1)N1CCCN(C(=O)c2ccccc2F)CC1. The maximum Gasteiger partial charge on any atom is 0.256 e. The first-order valence-corrected chi connectivity index (χ1v) is 8.79. The minimum Gasteiger partial charge on any atom is -0.375 e. The minimum atomic E-state index is -0.508. The van der Waals surface area contributed by atoms with Gasteiger partial charge in [-0.15, -0.1) is 0 Å². The van der Waals surface area contributed by atoms with Gasteiger partial charge in [0.05, 0.1) is 24.7 Å². The number of hydrogen-bond donors (Lipinski definition) is 1. The maximum atomic E-state index is 13.8. The third-order valence-corrected chi connectivity index (χ3v) is 4.65. The molecule has 1 aromatic carbocycles. The van der Waals surface area contributed by atoms with Crippen LogP contribution in [-0.4, -0.2) is 73.6 Å². The Kier molecular flexibility index (Phi) is 5.99. The lowest BCUT2D eigenvalue weighted by Gasteiger charge is -2.27. The average Bonchev–Trinajstić information content (AvgIpc) is 2.89. The first-order valence-electron chi connectivity index (χ1n) is 8.79. The number of carbonyl (C=O) groups is 2. The molecule has 0 bridgehead atoms. The predicted molar refractivity (Wildman–Crippen MR) is 90.7 cm³/mol. The van der Waals surface area contributed by atoms with Crippen molar-refractivity contribution in [3.63, 3.8) is 0 Å². The van der Waals surface area contributed by atoms with E-state index in [1.165, 1.54) is 12.1 Å². The van der Waals surface area contributed by atoms with Crippen molar-refractivity contribution < 1.29 is 18.7 Å². The molecule has 25 heavy (non-hydrogen) atoms. The van der Waals surface area contributed by atoms with Crippen LogP contribution in [-0.2, 0) is 9.53 Å². The lowest BCUT2D eigenvalue weighted by Crippen LogP contribution is -2.43. The summed E-state index contributed by atoms with van der Waals surface area (Å²) < 4.78 is 19.4. The molecule has 1 N–H and O–H groups in total. The molecular weight excluding hydrogens is 325 g/mol. The number of hydrogen-bond acceptors (Lipinski definition) is 4. The number of nitrogens with zero attached hydrogens (tertiary/aromatic N) is 2. The summed E-state index contributed by atoms with van der Waals surface area (Å²) in [6, 6.07) is 6.01. The van der Waals surface area contributed by atoms with E-state index in [4.69, 9.17) is 4.74 Å². The molecule has 136 valence electrons. The third kappa shape index (κ3) is 4.55. The summed E-state index contributed by atoms with van der Waals surface area (Å²) in [5.74, 6) is -0.771. The molecule has 2 amide bonds. The van der Waals surface area contributed by atoms with Crippen molar-refractivity contribution in [3.05, 3.63) is 35.6 Å². The van der Waals surface area contributed by atoms with Crippen LogP contribution in [0.4, 0.5) is 4.39 Å². The molecule has 2 fully saturated rings. The van der Waals surface area contributed by atoms with Gasteiger partial charge in [-0.1, -0.05) is 12.1 Å². The molecule has 7 heteroatoms. The number of carbonyl (C=O) groups excluding carboxylic acids is 2. The van der Waals surface area contributed by atoms with Gasteiger partial charge in [0.2, 0.25) is 5.91 Å². The summed E-state index contributed by atoms with van der Waals surface area (Å²) in [6.45, 7) is 4.17. The van der Waals surface area contributed by atoms with Crippen LogP contribution in [0.15, 0.2) is 24.3 Å². The van der Waals surface area contributed by atoms with Crippen molar-refractivity contribution >= 4 is 11.8 Å². The average molecular weight is 349 g/mol. The highest BCUT2D eigenvalue weighted by Gasteiger charge is 2.26. The van der Waals surface area contributed by atoms with Crippen LogP contribution in [0.3, 0.4) is 0 Å². The molecule has 0 aliphatic carbocycles. The van der Waals surface area contributed by atoms with Crippen molar-refractivity contribution in [2.75, 3.05) is 45.9 Å². The van der Waals surface area contributed by atoms with Gasteiger partial charge in [0, 0.05) is 39.3 Å². The highest BCUT2D eigenvalue weighted by Crippen LogP contribution is 2.14. The second-order valence-electron chi connectivity index (χ2n) is 6.41. The Bertz CT molecular complexity index is 619. The van der Waals surface area contributed by atoms with Gasteiger partial charge in [0.15, 0.2) is 0 Å². The van der Waals surface area contributed by atoms with Crippen LogP contribution in [0.5, 0.6) is 0 Å². The van der Waals surface area contributed by atoms with Gasteiger partial charge in [-0.3, -0.25) is 9.59 Å². The fourth-order valence-electron chi connectivity index (χ4n) is 3.25. The molecular formula is C18H24FN3O3. The fraction of sp³-hybridized carbons (Fsp3) is 0.556. The summed E-state index contributed by atoms with van der Waals surface area (Å²) in [5, 5.41) is 3.22. The Morgan fingerprint density at radius 1 is 1.16 bits per heavy atom. The van der Waals surface area contributed by atoms with Crippen LogP contribution in [0, 0.1) is 5.82 Å². The normalized spacial score (nSPS) is 21.7. The second-order valence-corrected chi connectivity index (χ2v) is 6.41. The topological polar surface area (TPSA) is 61.9 Å². The monoisotopic (exact) mass is 349 g/mol. The van der Waals surface area contributed by atoms with E-state index in [-0.39, 0.29) is 23.5 Å². The smallest absolute Gasteiger partial charge is 0.256 e. The lowest BCUT2D eigenvalue weighted by molar-refractivity contribution is -0.134. The number of rotatable bonds is 3. The van der Waals surface area contributed by atoms with E-state index < -0.39 is 5.82 Å². The van der Waals surface area contributed by atoms with Crippen molar-refractivity contribution in [3.8, 4) is 0 Å². The molecule has 2 aliphatic rings. The Labute approximate surface area is 146 Å². The van der Waals surface area contributed by atoms with E-state index in [0.29, 0.717) is 52.2 Å². The molecule has 0 spiro atoms. The first-order chi connectivity index (χ1) is 12.1. The number of nitrogens with one attached hydrogen (secondary N) is 1. The van der Waals surface area contributed by atoms with Crippen LogP contribution in [0.1, 0.15) is 23.2 Å². The molecule has 3 rings (SSSR count). The second kappa shape index (κ2) is 8.40. The van der Waals surface area contributed by atoms with Crippen molar-refractivity contribution in [1.29, 1.82) is 0 Å². The minimum absolute atomic E-state index is 0.0499. The van der Waals surface area contributed by atoms with Gasteiger partial charge in [-0.2, -0.15) is 0 Å². The quantitative estimate of drug-likeness (QED) is 0.880. The molecule has 2 saturated heterocycles. The Morgan fingerprint density at radius 2 is 1.92 bits per heavy atom. The van der Waals surface area contributed by atoms with E-state index >= 15 is 0 Å². The lowest BCUT2D eigenvalue weighted by atomic mass is 10.2. The summed E-state index contributed by atoms with van der Waals surface area (Å²) >= 11 is 0. The van der Waals surface area contributed by atoms with Gasteiger partial charge in [-0.25, -0.2) is 4.39 Å². The van der Waals surface area contributed by atoms with E-state index in [0.717, 1.165) is 6.54 Å².